The van der Waals surface area contributed by atoms with Crippen LogP contribution >= 0.6 is 0 Å². The van der Waals surface area contributed by atoms with Gasteiger partial charge in [-0.05, 0) is 37.6 Å². The van der Waals surface area contributed by atoms with Crippen molar-refractivity contribution in [3.8, 4) is 11.5 Å². The van der Waals surface area contributed by atoms with E-state index < -0.39 is 5.97 Å². The summed E-state index contributed by atoms with van der Waals surface area (Å²) in [5.41, 5.74) is 0.203. The summed E-state index contributed by atoms with van der Waals surface area (Å²) >= 11 is 0. The van der Waals surface area contributed by atoms with Crippen LogP contribution in [0.5, 0.6) is 11.5 Å². The number of hydrogen-bond acceptors (Lipinski definition) is 4. The highest BCUT2D eigenvalue weighted by atomic mass is 16.5. The number of hydrogen-bond donors (Lipinski definition) is 2. The highest BCUT2D eigenvalue weighted by Crippen LogP contribution is 2.29. The molecule has 0 aromatic heterocycles. The van der Waals surface area contributed by atoms with Gasteiger partial charge >= 0.3 is 5.97 Å². The molecule has 18 heavy (non-hydrogen) atoms. The number of nitrogens with one attached hydrogen (secondary N) is 1. The second kappa shape index (κ2) is 5.73. The second-order valence-electron chi connectivity index (χ2n) is 4.26. The SMILES string of the molecule is COc1ccc(C(=O)O)cc1OC1CCCNC1. The number of carboxylic acid groups (broad SMARTS) is 1. The zero-order valence-corrected chi connectivity index (χ0v) is 10.3. The van der Waals surface area contributed by atoms with Gasteiger partial charge in [-0.25, -0.2) is 4.79 Å². The van der Waals surface area contributed by atoms with Crippen LogP contribution in [-0.2, 0) is 0 Å². The van der Waals surface area contributed by atoms with E-state index in [0.717, 1.165) is 25.9 Å². The maximum atomic E-state index is 10.9. The van der Waals surface area contributed by atoms with Gasteiger partial charge in [0.15, 0.2) is 11.5 Å². The second-order valence-corrected chi connectivity index (χ2v) is 4.26. The number of methoxy groups -OCH3 is 1. The number of aromatic carboxylic acids is 1. The van der Waals surface area contributed by atoms with Crippen LogP contribution in [0.1, 0.15) is 23.2 Å². The number of carboxylic acids is 1. The van der Waals surface area contributed by atoms with Crippen molar-refractivity contribution in [3.05, 3.63) is 23.8 Å². The third kappa shape index (κ3) is 2.92. The van der Waals surface area contributed by atoms with Crippen LogP contribution in [0.4, 0.5) is 0 Å². The Bertz CT molecular complexity index is 427. The van der Waals surface area contributed by atoms with Gasteiger partial charge in [0.25, 0.3) is 0 Å². The van der Waals surface area contributed by atoms with Crippen LogP contribution in [0.25, 0.3) is 0 Å². The van der Waals surface area contributed by atoms with E-state index in [4.69, 9.17) is 14.6 Å². The highest BCUT2D eigenvalue weighted by Gasteiger charge is 2.17. The van der Waals surface area contributed by atoms with E-state index in [9.17, 15) is 4.79 Å². The molecule has 0 amide bonds. The van der Waals surface area contributed by atoms with Crippen molar-refractivity contribution >= 4 is 5.97 Å². The third-order valence-corrected chi connectivity index (χ3v) is 2.96. The molecule has 2 N–H and O–H groups in total. The van der Waals surface area contributed by atoms with Gasteiger partial charge in [-0.2, -0.15) is 0 Å². The zero-order chi connectivity index (χ0) is 13.0. The first-order chi connectivity index (χ1) is 8.70. The molecule has 1 aromatic carbocycles. The quantitative estimate of drug-likeness (QED) is 0.849. The van der Waals surface area contributed by atoms with E-state index in [1.165, 1.54) is 12.1 Å². The summed E-state index contributed by atoms with van der Waals surface area (Å²) in [6, 6.07) is 4.64. The van der Waals surface area contributed by atoms with Crippen molar-refractivity contribution in [1.82, 2.24) is 5.32 Å². The maximum absolute atomic E-state index is 10.9. The van der Waals surface area contributed by atoms with E-state index in [0.29, 0.717) is 11.5 Å². The molecule has 1 aliphatic rings. The molecule has 1 unspecified atom stereocenters. The van der Waals surface area contributed by atoms with E-state index in [1.54, 1.807) is 13.2 Å². The zero-order valence-electron chi connectivity index (χ0n) is 10.3. The van der Waals surface area contributed by atoms with Crippen molar-refractivity contribution in [1.29, 1.82) is 0 Å². The fourth-order valence-electron chi connectivity index (χ4n) is 2.00. The molecule has 1 heterocycles. The number of benzene rings is 1. The number of ether oxygens (including phenoxy) is 2. The fourth-order valence-corrected chi connectivity index (χ4v) is 2.00. The number of rotatable bonds is 4. The molecule has 0 aliphatic carbocycles. The Hall–Kier alpha value is -1.75. The van der Waals surface area contributed by atoms with Crippen LogP contribution in [0.15, 0.2) is 18.2 Å². The number of carbonyl (C=O) groups is 1. The minimum Gasteiger partial charge on any atom is -0.493 e. The van der Waals surface area contributed by atoms with Crippen LogP contribution in [0, 0.1) is 0 Å². The minimum absolute atomic E-state index is 0.0664. The summed E-state index contributed by atoms with van der Waals surface area (Å²) in [5, 5.41) is 12.2. The van der Waals surface area contributed by atoms with Gasteiger partial charge in [0.2, 0.25) is 0 Å². The maximum Gasteiger partial charge on any atom is 0.335 e. The summed E-state index contributed by atoms with van der Waals surface area (Å²) in [6.45, 7) is 1.78. The molecule has 98 valence electrons. The Labute approximate surface area is 106 Å². The average molecular weight is 251 g/mol. The lowest BCUT2D eigenvalue weighted by atomic mass is 10.1. The standard InChI is InChI=1S/C13H17NO4/c1-17-11-5-4-9(13(15)16)7-12(11)18-10-3-2-6-14-8-10/h4-5,7,10,14H,2-3,6,8H2,1H3,(H,15,16). The van der Waals surface area contributed by atoms with E-state index in [2.05, 4.69) is 5.32 Å². The van der Waals surface area contributed by atoms with E-state index in [-0.39, 0.29) is 11.7 Å². The van der Waals surface area contributed by atoms with Crippen LogP contribution in [0.3, 0.4) is 0 Å². The van der Waals surface area contributed by atoms with Crippen LogP contribution in [-0.4, -0.2) is 37.4 Å². The topological polar surface area (TPSA) is 67.8 Å². The van der Waals surface area contributed by atoms with Gasteiger partial charge in [-0.15, -0.1) is 0 Å². The summed E-state index contributed by atoms with van der Waals surface area (Å²) in [5.74, 6) is 0.0842. The molecular weight excluding hydrogens is 234 g/mol. The minimum atomic E-state index is -0.968. The lowest BCUT2D eigenvalue weighted by Gasteiger charge is -2.24. The molecule has 0 bridgehead atoms. The lowest BCUT2D eigenvalue weighted by molar-refractivity contribution is 0.0695. The first-order valence-electron chi connectivity index (χ1n) is 5.99. The molecular formula is C13H17NO4. The van der Waals surface area contributed by atoms with Gasteiger partial charge < -0.3 is 19.9 Å². The predicted octanol–water partition coefficient (Wildman–Crippen LogP) is 1.52. The monoisotopic (exact) mass is 251 g/mol. The normalized spacial score (nSPS) is 19.3. The predicted molar refractivity (Wildman–Crippen MR) is 66.5 cm³/mol. The molecule has 1 aliphatic heterocycles. The first kappa shape index (κ1) is 12.7. The van der Waals surface area contributed by atoms with Crippen molar-refractivity contribution in [2.75, 3.05) is 20.2 Å². The Morgan fingerprint density at radius 1 is 1.44 bits per heavy atom. The Balaban J connectivity index is 2.17. The Morgan fingerprint density at radius 2 is 2.28 bits per heavy atom. The van der Waals surface area contributed by atoms with Gasteiger partial charge in [-0.1, -0.05) is 0 Å². The summed E-state index contributed by atoms with van der Waals surface area (Å²) < 4.78 is 11.0. The van der Waals surface area contributed by atoms with Crippen molar-refractivity contribution in [3.63, 3.8) is 0 Å². The molecule has 1 aromatic rings. The number of piperidine rings is 1. The smallest absolute Gasteiger partial charge is 0.335 e. The molecule has 2 rings (SSSR count). The Morgan fingerprint density at radius 3 is 2.89 bits per heavy atom. The van der Waals surface area contributed by atoms with E-state index >= 15 is 0 Å². The molecule has 0 saturated carbocycles. The molecule has 1 atom stereocenters. The highest BCUT2D eigenvalue weighted by molar-refractivity contribution is 5.88. The summed E-state index contributed by atoms with van der Waals surface area (Å²) in [7, 11) is 1.54. The molecule has 1 saturated heterocycles. The first-order valence-corrected chi connectivity index (χ1v) is 5.99. The summed E-state index contributed by atoms with van der Waals surface area (Å²) in [6.07, 6.45) is 2.09. The fraction of sp³-hybridized carbons (Fsp3) is 0.462. The molecule has 0 spiro atoms. The molecule has 5 heteroatoms. The molecule has 5 nitrogen and oxygen atoms in total. The van der Waals surface area contributed by atoms with Crippen molar-refractivity contribution in [2.24, 2.45) is 0 Å². The van der Waals surface area contributed by atoms with Crippen molar-refractivity contribution in [2.45, 2.75) is 18.9 Å². The van der Waals surface area contributed by atoms with Crippen LogP contribution in [0.2, 0.25) is 0 Å². The van der Waals surface area contributed by atoms with Crippen molar-refractivity contribution < 1.29 is 19.4 Å². The van der Waals surface area contributed by atoms with Gasteiger partial charge in [-0.3, -0.25) is 0 Å². The lowest BCUT2D eigenvalue weighted by Crippen LogP contribution is -2.37. The van der Waals surface area contributed by atoms with Crippen LogP contribution < -0.4 is 14.8 Å². The molecule has 0 radical (unpaired) electrons. The average Bonchev–Trinajstić information content (AvgIpc) is 2.39. The summed E-state index contributed by atoms with van der Waals surface area (Å²) in [4.78, 5) is 10.9. The largest absolute Gasteiger partial charge is 0.493 e. The van der Waals surface area contributed by atoms with Gasteiger partial charge in [0, 0.05) is 6.54 Å². The van der Waals surface area contributed by atoms with Gasteiger partial charge in [0.1, 0.15) is 6.10 Å². The Kier molecular flexibility index (Phi) is 4.04. The van der Waals surface area contributed by atoms with Gasteiger partial charge in [0.05, 0.1) is 12.7 Å². The third-order valence-electron chi connectivity index (χ3n) is 2.96. The van der Waals surface area contributed by atoms with E-state index in [1.807, 2.05) is 0 Å². The molecule has 1 fully saturated rings.